The van der Waals surface area contributed by atoms with E-state index in [0.29, 0.717) is 25.3 Å². The molecule has 8 heteroatoms. The quantitative estimate of drug-likeness (QED) is 0.567. The molecule has 0 radical (unpaired) electrons. The summed E-state index contributed by atoms with van der Waals surface area (Å²) in [6, 6.07) is 2.81. The molecule has 0 unspecified atom stereocenters. The van der Waals surface area contributed by atoms with Crippen molar-refractivity contribution in [2.24, 2.45) is 0 Å². The highest BCUT2D eigenvalue weighted by Crippen LogP contribution is 2.34. The van der Waals surface area contributed by atoms with Gasteiger partial charge in [0.05, 0.1) is 19.9 Å². The number of anilines is 1. The fourth-order valence-corrected chi connectivity index (χ4v) is 3.19. The molecule has 1 aromatic rings. The Balaban J connectivity index is 3.15. The largest absolute Gasteiger partial charge is 0.495 e. The Morgan fingerprint density at radius 3 is 2.29 bits per heavy atom. The van der Waals surface area contributed by atoms with E-state index in [0.717, 1.165) is 0 Å². The highest BCUT2D eigenvalue weighted by molar-refractivity contribution is 7.89. The maximum atomic E-state index is 12.6. The third-order valence-electron chi connectivity index (χ3n) is 3.03. The molecular weight excluding hydrogens is 296 g/mol. The molecule has 0 saturated carbocycles. The zero-order chi connectivity index (χ0) is 16.0. The summed E-state index contributed by atoms with van der Waals surface area (Å²) in [5.74, 6) is 0.562. The topological polar surface area (TPSA) is 91.1 Å². The summed E-state index contributed by atoms with van der Waals surface area (Å²) in [6.45, 7) is 0.826. The van der Waals surface area contributed by atoms with Gasteiger partial charge in [0.25, 0.3) is 0 Å². The fraction of sp³-hybridized carbons (Fsp3) is 0.538. The number of sulfonamides is 1. The zero-order valence-corrected chi connectivity index (χ0v) is 13.6. The smallest absolute Gasteiger partial charge is 0.246 e. The van der Waals surface area contributed by atoms with E-state index in [4.69, 9.17) is 19.9 Å². The van der Waals surface area contributed by atoms with Crippen molar-refractivity contribution in [3.8, 4) is 11.5 Å². The van der Waals surface area contributed by atoms with Crippen molar-refractivity contribution in [3.05, 3.63) is 12.1 Å². The summed E-state index contributed by atoms with van der Waals surface area (Å²) >= 11 is 0. The molecule has 0 aliphatic rings. The normalized spacial score (nSPS) is 11.7. The maximum Gasteiger partial charge on any atom is 0.246 e. The van der Waals surface area contributed by atoms with Crippen LogP contribution in [0.4, 0.5) is 5.69 Å². The molecule has 120 valence electrons. The van der Waals surface area contributed by atoms with Gasteiger partial charge in [-0.15, -0.1) is 0 Å². The van der Waals surface area contributed by atoms with E-state index in [2.05, 4.69) is 0 Å². The number of hydrogen-bond acceptors (Lipinski definition) is 6. The second-order valence-electron chi connectivity index (χ2n) is 4.42. The molecule has 21 heavy (non-hydrogen) atoms. The van der Waals surface area contributed by atoms with Crippen molar-refractivity contribution < 1.29 is 22.6 Å². The van der Waals surface area contributed by atoms with Gasteiger partial charge in [-0.25, -0.2) is 12.7 Å². The Morgan fingerprint density at radius 2 is 1.76 bits per heavy atom. The van der Waals surface area contributed by atoms with Crippen LogP contribution in [-0.4, -0.2) is 54.3 Å². The Bertz CT molecular complexity index is 574. The van der Waals surface area contributed by atoms with Crippen molar-refractivity contribution in [3.63, 3.8) is 0 Å². The van der Waals surface area contributed by atoms with Crippen molar-refractivity contribution in [1.29, 1.82) is 0 Å². The lowest BCUT2D eigenvalue weighted by molar-refractivity contribution is 0.189. The van der Waals surface area contributed by atoms with E-state index in [-0.39, 0.29) is 16.3 Å². The van der Waals surface area contributed by atoms with Crippen LogP contribution in [-0.2, 0) is 14.8 Å². The van der Waals surface area contributed by atoms with Crippen LogP contribution in [0.15, 0.2) is 17.0 Å². The van der Waals surface area contributed by atoms with Gasteiger partial charge in [0.1, 0.15) is 16.4 Å². The lowest BCUT2D eigenvalue weighted by atomic mass is 10.3. The first-order valence-corrected chi connectivity index (χ1v) is 7.79. The highest BCUT2D eigenvalue weighted by atomic mass is 32.2. The number of hydrogen-bond donors (Lipinski definition) is 1. The van der Waals surface area contributed by atoms with Gasteiger partial charge in [-0.3, -0.25) is 0 Å². The van der Waals surface area contributed by atoms with E-state index in [1.807, 2.05) is 0 Å². The van der Waals surface area contributed by atoms with E-state index in [1.54, 1.807) is 7.11 Å². The van der Waals surface area contributed by atoms with Crippen LogP contribution in [0.25, 0.3) is 0 Å². The Kier molecular flexibility index (Phi) is 6.25. The van der Waals surface area contributed by atoms with Crippen LogP contribution in [0.2, 0.25) is 0 Å². The van der Waals surface area contributed by atoms with Gasteiger partial charge in [0.15, 0.2) is 0 Å². The lowest BCUT2D eigenvalue weighted by Gasteiger charge is -2.19. The molecule has 0 spiro atoms. The fourth-order valence-electron chi connectivity index (χ4n) is 1.81. The Morgan fingerprint density at radius 1 is 1.14 bits per heavy atom. The minimum Gasteiger partial charge on any atom is -0.495 e. The predicted octanol–water partition coefficient (Wildman–Crippen LogP) is 0.943. The molecule has 0 fully saturated rings. The number of nitrogen functional groups attached to an aromatic ring is 1. The summed E-state index contributed by atoms with van der Waals surface area (Å²) in [7, 11) is 2.24. The van der Waals surface area contributed by atoms with Gasteiger partial charge in [-0.2, -0.15) is 0 Å². The molecule has 2 N–H and O–H groups in total. The third kappa shape index (κ3) is 3.99. The van der Waals surface area contributed by atoms with E-state index in [9.17, 15) is 8.42 Å². The second-order valence-corrected chi connectivity index (χ2v) is 6.43. The molecule has 0 aliphatic heterocycles. The SMILES string of the molecule is COCCCN(C)S(=O)(=O)c1cc(N)c(OC)cc1OC. The van der Waals surface area contributed by atoms with Gasteiger partial charge < -0.3 is 19.9 Å². The van der Waals surface area contributed by atoms with E-state index < -0.39 is 10.0 Å². The molecule has 0 saturated heterocycles. The number of ether oxygens (including phenoxy) is 3. The van der Waals surface area contributed by atoms with Crippen LogP contribution in [0.1, 0.15) is 6.42 Å². The van der Waals surface area contributed by atoms with Crippen LogP contribution >= 0.6 is 0 Å². The first-order chi connectivity index (χ1) is 9.88. The van der Waals surface area contributed by atoms with Gasteiger partial charge in [0, 0.05) is 33.4 Å². The minimum absolute atomic E-state index is 0.0169. The summed E-state index contributed by atoms with van der Waals surface area (Å²) < 4.78 is 41.5. The number of nitrogens with zero attached hydrogens (tertiary/aromatic N) is 1. The maximum absolute atomic E-state index is 12.6. The lowest BCUT2D eigenvalue weighted by Crippen LogP contribution is -2.29. The summed E-state index contributed by atoms with van der Waals surface area (Å²) in [5.41, 5.74) is 6.03. The van der Waals surface area contributed by atoms with Gasteiger partial charge in [-0.05, 0) is 12.5 Å². The Hall–Kier alpha value is -1.51. The number of methoxy groups -OCH3 is 3. The molecular formula is C13H22N2O5S. The molecule has 1 rings (SSSR count). The third-order valence-corrected chi connectivity index (χ3v) is 4.90. The molecule has 7 nitrogen and oxygen atoms in total. The molecule has 0 atom stereocenters. The molecule has 1 aromatic carbocycles. The van der Waals surface area contributed by atoms with Gasteiger partial charge in [0.2, 0.25) is 10.0 Å². The zero-order valence-electron chi connectivity index (χ0n) is 12.8. The predicted molar refractivity (Wildman–Crippen MR) is 80.3 cm³/mol. The van der Waals surface area contributed by atoms with Crippen molar-refractivity contribution in [1.82, 2.24) is 4.31 Å². The van der Waals surface area contributed by atoms with Gasteiger partial charge >= 0.3 is 0 Å². The molecule has 0 heterocycles. The average Bonchev–Trinajstić information content (AvgIpc) is 2.46. The molecule has 0 aliphatic carbocycles. The van der Waals surface area contributed by atoms with Crippen molar-refractivity contribution in [2.45, 2.75) is 11.3 Å². The minimum atomic E-state index is -3.69. The van der Waals surface area contributed by atoms with Crippen LogP contribution in [0, 0.1) is 0 Å². The summed E-state index contributed by atoms with van der Waals surface area (Å²) in [5, 5.41) is 0. The first-order valence-electron chi connectivity index (χ1n) is 6.35. The number of nitrogens with two attached hydrogens (primary N) is 1. The first kappa shape index (κ1) is 17.5. The van der Waals surface area contributed by atoms with Crippen LogP contribution < -0.4 is 15.2 Å². The van der Waals surface area contributed by atoms with Crippen LogP contribution in [0.5, 0.6) is 11.5 Å². The molecule has 0 bridgehead atoms. The molecule has 0 aromatic heterocycles. The number of rotatable bonds is 8. The van der Waals surface area contributed by atoms with E-state index in [1.165, 1.54) is 37.7 Å². The standard InChI is InChI=1S/C13H22N2O5S/c1-15(6-5-7-18-2)21(16,17)13-8-10(14)11(19-3)9-12(13)20-4/h8-9H,5-7,14H2,1-4H3. The van der Waals surface area contributed by atoms with Crippen molar-refractivity contribution in [2.75, 3.05) is 47.3 Å². The average molecular weight is 318 g/mol. The number of benzene rings is 1. The summed E-state index contributed by atoms with van der Waals surface area (Å²) in [4.78, 5) is 0.0169. The molecule has 0 amide bonds. The van der Waals surface area contributed by atoms with Crippen LogP contribution in [0.3, 0.4) is 0 Å². The Labute approximate surface area is 125 Å². The van der Waals surface area contributed by atoms with Gasteiger partial charge in [-0.1, -0.05) is 0 Å². The monoisotopic (exact) mass is 318 g/mol. The highest BCUT2D eigenvalue weighted by Gasteiger charge is 2.26. The summed E-state index contributed by atoms with van der Waals surface area (Å²) in [6.07, 6.45) is 0.597. The second kappa shape index (κ2) is 7.48. The van der Waals surface area contributed by atoms with E-state index >= 15 is 0 Å². The van der Waals surface area contributed by atoms with Crippen molar-refractivity contribution >= 4 is 15.7 Å².